The van der Waals surface area contributed by atoms with Crippen LogP contribution in [-0.4, -0.2) is 15.8 Å². The largest absolute Gasteiger partial charge is 0.308 e. The van der Waals surface area contributed by atoms with Gasteiger partial charge in [0, 0.05) is 0 Å². The molecular weight excluding hydrogens is 206 g/mol. The highest BCUT2D eigenvalue weighted by molar-refractivity contribution is 6.99. The van der Waals surface area contributed by atoms with Crippen LogP contribution in [-0.2, 0) is 0 Å². The molecule has 0 saturated carbocycles. The average Bonchev–Trinajstić information content (AvgIpc) is 2.75. The van der Waals surface area contributed by atoms with Crippen molar-refractivity contribution < 1.29 is 0 Å². The van der Waals surface area contributed by atoms with Crippen molar-refractivity contribution in [2.75, 3.05) is 7.05 Å². The standard InChI is InChI=1S/C11H13N3S/c1-8-3-5-9(6-4-8)11(12-2)10-7-13-15-14-10/h3-7,11-12H,1-2H3. The lowest BCUT2D eigenvalue weighted by molar-refractivity contribution is 0.677. The minimum atomic E-state index is 0.143. The molecule has 1 aromatic carbocycles. The summed E-state index contributed by atoms with van der Waals surface area (Å²) in [7, 11) is 1.93. The number of aryl methyl sites for hydroxylation is 1. The molecule has 0 aliphatic carbocycles. The molecule has 15 heavy (non-hydrogen) atoms. The van der Waals surface area contributed by atoms with Crippen LogP contribution in [0.2, 0.25) is 0 Å². The second-order valence-electron chi connectivity index (χ2n) is 3.46. The van der Waals surface area contributed by atoms with Gasteiger partial charge in [-0.3, -0.25) is 0 Å². The van der Waals surface area contributed by atoms with Crippen LogP contribution >= 0.6 is 11.7 Å². The maximum absolute atomic E-state index is 4.25. The second-order valence-corrected chi connectivity index (χ2v) is 4.02. The fourth-order valence-electron chi connectivity index (χ4n) is 1.54. The van der Waals surface area contributed by atoms with Crippen LogP contribution in [0, 0.1) is 6.92 Å². The van der Waals surface area contributed by atoms with Crippen LogP contribution in [0.5, 0.6) is 0 Å². The molecule has 1 N–H and O–H groups in total. The third kappa shape index (κ3) is 2.22. The van der Waals surface area contributed by atoms with Crippen LogP contribution in [0.15, 0.2) is 30.5 Å². The first-order chi connectivity index (χ1) is 7.31. The van der Waals surface area contributed by atoms with E-state index in [2.05, 4.69) is 45.3 Å². The molecule has 2 aromatic rings. The number of hydrogen-bond donors (Lipinski definition) is 1. The summed E-state index contributed by atoms with van der Waals surface area (Å²) in [6, 6.07) is 8.61. The van der Waals surface area contributed by atoms with Gasteiger partial charge in [0.25, 0.3) is 0 Å². The Kier molecular flexibility index (Phi) is 3.08. The Balaban J connectivity index is 2.31. The summed E-state index contributed by atoms with van der Waals surface area (Å²) >= 11 is 1.24. The van der Waals surface area contributed by atoms with Crippen molar-refractivity contribution in [1.82, 2.24) is 14.1 Å². The lowest BCUT2D eigenvalue weighted by Gasteiger charge is -2.13. The van der Waals surface area contributed by atoms with Gasteiger partial charge in [-0.05, 0) is 19.5 Å². The van der Waals surface area contributed by atoms with Gasteiger partial charge in [-0.1, -0.05) is 29.8 Å². The van der Waals surface area contributed by atoms with Crippen LogP contribution in [0.1, 0.15) is 22.9 Å². The molecule has 2 rings (SSSR count). The molecule has 1 atom stereocenters. The van der Waals surface area contributed by atoms with Crippen molar-refractivity contribution >= 4 is 11.7 Å². The van der Waals surface area contributed by atoms with Crippen molar-refractivity contribution in [3.8, 4) is 0 Å². The predicted octanol–water partition coefficient (Wildman–Crippen LogP) is 2.16. The molecule has 0 aliphatic rings. The van der Waals surface area contributed by atoms with Gasteiger partial charge in [-0.25, -0.2) is 0 Å². The van der Waals surface area contributed by atoms with E-state index in [9.17, 15) is 0 Å². The van der Waals surface area contributed by atoms with Gasteiger partial charge in [-0.15, -0.1) is 0 Å². The minimum Gasteiger partial charge on any atom is -0.308 e. The Hall–Kier alpha value is -1.26. The van der Waals surface area contributed by atoms with Crippen LogP contribution < -0.4 is 5.32 Å². The van der Waals surface area contributed by atoms with Crippen molar-refractivity contribution in [2.24, 2.45) is 0 Å². The Bertz CT molecular complexity index is 408. The molecule has 0 radical (unpaired) electrons. The monoisotopic (exact) mass is 219 g/mol. The van der Waals surface area contributed by atoms with E-state index < -0.39 is 0 Å². The molecule has 3 nitrogen and oxygen atoms in total. The third-order valence-corrected chi connectivity index (χ3v) is 2.87. The number of benzene rings is 1. The van der Waals surface area contributed by atoms with Crippen molar-refractivity contribution in [2.45, 2.75) is 13.0 Å². The van der Waals surface area contributed by atoms with Gasteiger partial charge in [0.1, 0.15) is 0 Å². The summed E-state index contributed by atoms with van der Waals surface area (Å²) in [5.41, 5.74) is 3.46. The van der Waals surface area contributed by atoms with E-state index in [1.54, 1.807) is 0 Å². The normalized spacial score (nSPS) is 12.7. The first-order valence-electron chi connectivity index (χ1n) is 4.82. The van der Waals surface area contributed by atoms with E-state index >= 15 is 0 Å². The molecule has 1 heterocycles. The quantitative estimate of drug-likeness (QED) is 0.859. The maximum Gasteiger partial charge on any atom is 0.0957 e. The summed E-state index contributed by atoms with van der Waals surface area (Å²) in [5, 5.41) is 3.24. The Labute approximate surface area is 93.5 Å². The van der Waals surface area contributed by atoms with E-state index in [-0.39, 0.29) is 6.04 Å². The smallest absolute Gasteiger partial charge is 0.0957 e. The van der Waals surface area contributed by atoms with Gasteiger partial charge in [-0.2, -0.15) is 8.75 Å². The van der Waals surface area contributed by atoms with Gasteiger partial charge in [0.2, 0.25) is 0 Å². The lowest BCUT2D eigenvalue weighted by atomic mass is 10.0. The fraction of sp³-hybridized carbons (Fsp3) is 0.273. The number of nitrogens with zero attached hydrogens (tertiary/aromatic N) is 2. The number of nitrogens with one attached hydrogen (secondary N) is 1. The molecule has 1 unspecified atom stereocenters. The topological polar surface area (TPSA) is 37.8 Å². The Morgan fingerprint density at radius 3 is 2.53 bits per heavy atom. The minimum absolute atomic E-state index is 0.143. The van der Waals surface area contributed by atoms with E-state index in [1.807, 2.05) is 13.2 Å². The molecule has 0 fully saturated rings. The second kappa shape index (κ2) is 4.51. The zero-order valence-electron chi connectivity index (χ0n) is 8.77. The van der Waals surface area contributed by atoms with Crippen LogP contribution in [0.3, 0.4) is 0 Å². The van der Waals surface area contributed by atoms with Crippen molar-refractivity contribution in [3.05, 3.63) is 47.3 Å². The van der Waals surface area contributed by atoms with E-state index in [4.69, 9.17) is 0 Å². The van der Waals surface area contributed by atoms with Gasteiger partial charge in [0.05, 0.1) is 29.7 Å². The van der Waals surface area contributed by atoms with E-state index in [0.29, 0.717) is 0 Å². The van der Waals surface area contributed by atoms with Crippen molar-refractivity contribution in [1.29, 1.82) is 0 Å². The van der Waals surface area contributed by atoms with Gasteiger partial charge >= 0.3 is 0 Å². The summed E-state index contributed by atoms with van der Waals surface area (Å²) in [6.07, 6.45) is 1.81. The fourth-order valence-corrected chi connectivity index (χ4v) is 1.99. The highest BCUT2D eigenvalue weighted by atomic mass is 32.1. The molecule has 0 saturated heterocycles. The zero-order chi connectivity index (χ0) is 10.7. The summed E-state index contributed by atoms with van der Waals surface area (Å²) in [4.78, 5) is 0. The van der Waals surface area contributed by atoms with Crippen molar-refractivity contribution in [3.63, 3.8) is 0 Å². The summed E-state index contributed by atoms with van der Waals surface area (Å²) in [6.45, 7) is 2.09. The highest BCUT2D eigenvalue weighted by Gasteiger charge is 2.13. The summed E-state index contributed by atoms with van der Waals surface area (Å²) in [5.74, 6) is 0. The van der Waals surface area contributed by atoms with E-state index in [0.717, 1.165) is 5.69 Å². The van der Waals surface area contributed by atoms with Gasteiger partial charge in [0.15, 0.2) is 0 Å². The number of aromatic nitrogens is 2. The van der Waals surface area contributed by atoms with E-state index in [1.165, 1.54) is 22.9 Å². The maximum atomic E-state index is 4.25. The SMILES string of the molecule is CNC(c1ccc(C)cc1)c1cnsn1. The lowest BCUT2D eigenvalue weighted by Crippen LogP contribution is -2.17. The molecule has 1 aromatic heterocycles. The Morgan fingerprint density at radius 1 is 1.27 bits per heavy atom. The molecule has 0 bridgehead atoms. The van der Waals surface area contributed by atoms with Crippen LogP contribution in [0.25, 0.3) is 0 Å². The first-order valence-corrected chi connectivity index (χ1v) is 5.55. The highest BCUT2D eigenvalue weighted by Crippen LogP contribution is 2.20. The number of hydrogen-bond acceptors (Lipinski definition) is 4. The zero-order valence-corrected chi connectivity index (χ0v) is 9.58. The molecule has 0 spiro atoms. The average molecular weight is 219 g/mol. The molecule has 0 amide bonds. The number of rotatable bonds is 3. The predicted molar refractivity (Wildman–Crippen MR) is 62.0 cm³/mol. The summed E-state index contributed by atoms with van der Waals surface area (Å²) < 4.78 is 8.28. The Morgan fingerprint density at radius 2 is 2.00 bits per heavy atom. The molecular formula is C11H13N3S. The molecule has 0 aliphatic heterocycles. The molecule has 78 valence electrons. The third-order valence-electron chi connectivity index (χ3n) is 2.37. The van der Waals surface area contributed by atoms with Gasteiger partial charge < -0.3 is 5.32 Å². The first kappa shape index (κ1) is 10.3. The molecule has 4 heteroatoms. The van der Waals surface area contributed by atoms with Crippen LogP contribution in [0.4, 0.5) is 0 Å².